The standard InChI is InChI=1S/C20H23N7O2/c1-25-11-18(23-24-25)20(28)27-8-6-26(7-9-27)15-4-5-17-16(10-15)19(22-13-21-17)29-12-14-2-3-14/h4-5,10-11,13-14H,2-3,6-9,12H2,1H3. The van der Waals surface area contributed by atoms with E-state index in [1.807, 2.05) is 11.0 Å². The van der Waals surface area contributed by atoms with Gasteiger partial charge in [-0.2, -0.15) is 0 Å². The minimum atomic E-state index is -0.0691. The van der Waals surface area contributed by atoms with E-state index in [9.17, 15) is 4.79 Å². The smallest absolute Gasteiger partial charge is 0.276 e. The Morgan fingerprint density at radius 3 is 2.72 bits per heavy atom. The third-order valence-electron chi connectivity index (χ3n) is 5.49. The zero-order valence-electron chi connectivity index (χ0n) is 16.4. The van der Waals surface area contributed by atoms with Crippen LogP contribution < -0.4 is 9.64 Å². The number of rotatable bonds is 5. The van der Waals surface area contributed by atoms with Crippen molar-refractivity contribution in [1.29, 1.82) is 0 Å². The number of benzene rings is 1. The molecule has 29 heavy (non-hydrogen) atoms. The number of aromatic nitrogens is 5. The molecule has 0 atom stereocenters. The van der Waals surface area contributed by atoms with E-state index in [-0.39, 0.29) is 5.91 Å². The lowest BCUT2D eigenvalue weighted by atomic mass is 10.2. The fourth-order valence-electron chi connectivity index (χ4n) is 3.59. The number of ether oxygens (including phenoxy) is 1. The van der Waals surface area contributed by atoms with Gasteiger partial charge in [-0.25, -0.2) is 9.97 Å². The first-order chi connectivity index (χ1) is 14.2. The van der Waals surface area contributed by atoms with Crippen LogP contribution in [0, 0.1) is 5.92 Å². The second-order valence-electron chi connectivity index (χ2n) is 7.69. The number of hydrogen-bond donors (Lipinski definition) is 0. The zero-order chi connectivity index (χ0) is 19.8. The molecule has 2 aromatic heterocycles. The van der Waals surface area contributed by atoms with Crippen molar-refractivity contribution in [1.82, 2.24) is 29.9 Å². The van der Waals surface area contributed by atoms with Crippen molar-refractivity contribution < 1.29 is 9.53 Å². The van der Waals surface area contributed by atoms with Crippen LogP contribution in [0.25, 0.3) is 10.9 Å². The summed E-state index contributed by atoms with van der Waals surface area (Å²) in [5, 5.41) is 8.71. The number of carbonyl (C=O) groups excluding carboxylic acids is 1. The molecule has 1 aromatic carbocycles. The molecule has 1 aliphatic heterocycles. The van der Waals surface area contributed by atoms with E-state index in [4.69, 9.17) is 4.74 Å². The van der Waals surface area contributed by atoms with Gasteiger partial charge in [0.2, 0.25) is 5.88 Å². The predicted octanol–water partition coefficient (Wildman–Crippen LogP) is 1.51. The Morgan fingerprint density at radius 2 is 2.00 bits per heavy atom. The fraction of sp³-hybridized carbons (Fsp3) is 0.450. The lowest BCUT2D eigenvalue weighted by molar-refractivity contribution is 0.0740. The van der Waals surface area contributed by atoms with Crippen LogP contribution in [0.2, 0.25) is 0 Å². The van der Waals surface area contributed by atoms with Crippen LogP contribution in [0.3, 0.4) is 0 Å². The van der Waals surface area contributed by atoms with Gasteiger partial charge in [0.15, 0.2) is 5.69 Å². The van der Waals surface area contributed by atoms with Gasteiger partial charge in [-0.1, -0.05) is 5.21 Å². The Hall–Kier alpha value is -3.23. The van der Waals surface area contributed by atoms with Gasteiger partial charge >= 0.3 is 0 Å². The second-order valence-corrected chi connectivity index (χ2v) is 7.69. The van der Waals surface area contributed by atoms with Crippen molar-refractivity contribution in [3.63, 3.8) is 0 Å². The van der Waals surface area contributed by atoms with Crippen LogP contribution in [0.1, 0.15) is 23.3 Å². The molecule has 3 aromatic rings. The van der Waals surface area contributed by atoms with E-state index < -0.39 is 0 Å². The zero-order valence-corrected chi connectivity index (χ0v) is 16.4. The summed E-state index contributed by atoms with van der Waals surface area (Å²) >= 11 is 0. The van der Waals surface area contributed by atoms with E-state index in [0.29, 0.717) is 30.6 Å². The summed E-state index contributed by atoms with van der Waals surface area (Å²) < 4.78 is 7.49. The molecule has 0 spiro atoms. The van der Waals surface area contributed by atoms with Crippen LogP contribution in [-0.4, -0.2) is 68.6 Å². The van der Waals surface area contributed by atoms with Gasteiger partial charge in [0.25, 0.3) is 5.91 Å². The average molecular weight is 393 g/mol. The van der Waals surface area contributed by atoms with Crippen LogP contribution >= 0.6 is 0 Å². The molecule has 5 rings (SSSR count). The van der Waals surface area contributed by atoms with Crippen molar-refractivity contribution >= 4 is 22.5 Å². The molecule has 0 bridgehead atoms. The highest BCUT2D eigenvalue weighted by molar-refractivity contribution is 5.92. The number of amides is 1. The van der Waals surface area contributed by atoms with Gasteiger partial charge in [-0.3, -0.25) is 9.48 Å². The van der Waals surface area contributed by atoms with Gasteiger partial charge in [-0.15, -0.1) is 5.10 Å². The SMILES string of the molecule is Cn1cc(C(=O)N2CCN(c3ccc4ncnc(OCC5CC5)c4c3)CC2)nn1. The van der Waals surface area contributed by atoms with Crippen molar-refractivity contribution in [2.45, 2.75) is 12.8 Å². The van der Waals surface area contributed by atoms with Gasteiger partial charge in [0.1, 0.15) is 6.33 Å². The number of hydrogen-bond acceptors (Lipinski definition) is 7. The number of nitrogens with zero attached hydrogens (tertiary/aromatic N) is 7. The first-order valence-corrected chi connectivity index (χ1v) is 9.95. The molecule has 9 heteroatoms. The summed E-state index contributed by atoms with van der Waals surface area (Å²) in [4.78, 5) is 25.4. The largest absolute Gasteiger partial charge is 0.477 e. The molecule has 9 nitrogen and oxygen atoms in total. The third-order valence-corrected chi connectivity index (χ3v) is 5.49. The summed E-state index contributed by atoms with van der Waals surface area (Å²) in [5.74, 6) is 1.25. The Morgan fingerprint density at radius 1 is 1.17 bits per heavy atom. The maximum atomic E-state index is 12.6. The van der Waals surface area contributed by atoms with Crippen LogP contribution in [0.15, 0.2) is 30.7 Å². The lowest BCUT2D eigenvalue weighted by Crippen LogP contribution is -2.48. The lowest BCUT2D eigenvalue weighted by Gasteiger charge is -2.35. The molecule has 2 fully saturated rings. The summed E-state index contributed by atoms with van der Waals surface area (Å²) in [6.07, 6.45) is 5.69. The Balaban J connectivity index is 1.29. The molecule has 2 aliphatic rings. The van der Waals surface area contributed by atoms with Gasteiger partial charge < -0.3 is 14.5 Å². The van der Waals surface area contributed by atoms with Crippen molar-refractivity contribution in [2.24, 2.45) is 13.0 Å². The molecule has 1 aliphatic carbocycles. The second kappa shape index (κ2) is 7.31. The van der Waals surface area contributed by atoms with Gasteiger partial charge in [-0.05, 0) is 37.0 Å². The number of aryl methyl sites for hydroxylation is 1. The molecule has 0 radical (unpaired) electrons. The summed E-state index contributed by atoms with van der Waals surface area (Å²) in [6, 6.07) is 6.17. The quantitative estimate of drug-likeness (QED) is 0.649. The third kappa shape index (κ3) is 3.72. The Kier molecular flexibility index (Phi) is 4.49. The van der Waals surface area contributed by atoms with E-state index in [0.717, 1.165) is 36.3 Å². The number of carbonyl (C=O) groups is 1. The Bertz CT molecular complexity index is 1040. The average Bonchev–Trinajstić information content (AvgIpc) is 3.49. The molecular formula is C20H23N7O2. The Labute approximate surface area is 168 Å². The summed E-state index contributed by atoms with van der Waals surface area (Å²) in [7, 11) is 1.76. The molecular weight excluding hydrogens is 370 g/mol. The van der Waals surface area contributed by atoms with E-state index in [1.165, 1.54) is 12.8 Å². The number of fused-ring (bicyclic) bond motifs is 1. The van der Waals surface area contributed by atoms with Crippen LogP contribution in [-0.2, 0) is 7.05 Å². The summed E-state index contributed by atoms with van der Waals surface area (Å²) in [6.45, 7) is 3.51. The van der Waals surface area contributed by atoms with Crippen LogP contribution in [0.5, 0.6) is 5.88 Å². The van der Waals surface area contributed by atoms with Gasteiger partial charge in [0.05, 0.1) is 23.7 Å². The fourth-order valence-corrected chi connectivity index (χ4v) is 3.59. The predicted molar refractivity (Wildman–Crippen MR) is 107 cm³/mol. The highest BCUT2D eigenvalue weighted by atomic mass is 16.5. The number of piperazine rings is 1. The molecule has 1 saturated heterocycles. The van der Waals surface area contributed by atoms with Crippen molar-refractivity contribution in [3.8, 4) is 5.88 Å². The monoisotopic (exact) mass is 393 g/mol. The topological polar surface area (TPSA) is 89.3 Å². The van der Waals surface area contributed by atoms with E-state index in [1.54, 1.807) is 24.3 Å². The molecule has 1 saturated carbocycles. The highest BCUT2D eigenvalue weighted by Gasteiger charge is 2.25. The molecule has 1 amide bonds. The van der Waals surface area contributed by atoms with Crippen molar-refractivity contribution in [2.75, 3.05) is 37.7 Å². The normalized spacial score (nSPS) is 17.0. The van der Waals surface area contributed by atoms with E-state index in [2.05, 4.69) is 37.3 Å². The first-order valence-electron chi connectivity index (χ1n) is 9.95. The minimum Gasteiger partial charge on any atom is -0.477 e. The maximum Gasteiger partial charge on any atom is 0.276 e. The van der Waals surface area contributed by atoms with Crippen LogP contribution in [0.4, 0.5) is 5.69 Å². The minimum absolute atomic E-state index is 0.0691. The maximum absolute atomic E-state index is 12.6. The molecule has 150 valence electrons. The summed E-state index contributed by atoms with van der Waals surface area (Å²) in [5.41, 5.74) is 2.36. The molecule has 0 N–H and O–H groups in total. The highest BCUT2D eigenvalue weighted by Crippen LogP contribution is 2.32. The van der Waals surface area contributed by atoms with Gasteiger partial charge in [0, 0.05) is 38.9 Å². The van der Waals surface area contributed by atoms with Crippen molar-refractivity contribution in [3.05, 3.63) is 36.4 Å². The molecule has 3 heterocycles. The molecule has 0 unspecified atom stereocenters. The van der Waals surface area contributed by atoms with E-state index >= 15 is 0 Å². The first kappa shape index (κ1) is 17.8. The number of anilines is 1.